The topological polar surface area (TPSA) is 40.5 Å². The third-order valence-corrected chi connectivity index (χ3v) is 3.70. The molecule has 1 saturated carbocycles. The highest BCUT2D eigenvalue weighted by Gasteiger charge is 2.29. The Kier molecular flexibility index (Phi) is 4.90. The van der Waals surface area contributed by atoms with Gasteiger partial charge in [-0.25, -0.2) is 0 Å². The fourth-order valence-corrected chi connectivity index (χ4v) is 2.57. The summed E-state index contributed by atoms with van der Waals surface area (Å²) in [4.78, 5) is 0. The minimum atomic E-state index is -0.518. The second-order valence-corrected chi connectivity index (χ2v) is 4.67. The van der Waals surface area contributed by atoms with E-state index in [1.54, 1.807) is 0 Å². The van der Waals surface area contributed by atoms with Gasteiger partial charge < -0.3 is 10.2 Å². The Morgan fingerprint density at radius 1 is 1.21 bits per heavy atom. The monoisotopic (exact) mass is 200 g/mol. The first-order valence-corrected chi connectivity index (χ1v) is 6.05. The number of aliphatic hydroxyl groups excluding tert-OH is 2. The first-order valence-electron chi connectivity index (χ1n) is 6.05. The zero-order valence-corrected chi connectivity index (χ0v) is 9.45. The van der Waals surface area contributed by atoms with Gasteiger partial charge in [0.05, 0.1) is 12.2 Å². The summed E-state index contributed by atoms with van der Waals surface area (Å²) in [5, 5.41) is 19.5. The van der Waals surface area contributed by atoms with Gasteiger partial charge in [-0.15, -0.1) is 0 Å². The highest BCUT2D eigenvalue weighted by atomic mass is 16.3. The lowest BCUT2D eigenvalue weighted by Crippen LogP contribution is -2.35. The molecule has 0 aromatic heterocycles. The van der Waals surface area contributed by atoms with E-state index in [1.165, 1.54) is 19.3 Å². The maximum absolute atomic E-state index is 9.91. The summed E-state index contributed by atoms with van der Waals surface area (Å²) in [5.74, 6) is 1.11. The molecule has 4 atom stereocenters. The van der Waals surface area contributed by atoms with Crippen LogP contribution in [0.15, 0.2) is 0 Å². The van der Waals surface area contributed by atoms with Gasteiger partial charge in [-0.2, -0.15) is 0 Å². The largest absolute Gasteiger partial charge is 0.390 e. The molecule has 14 heavy (non-hydrogen) atoms. The van der Waals surface area contributed by atoms with Crippen molar-refractivity contribution in [2.75, 3.05) is 0 Å². The third kappa shape index (κ3) is 2.96. The summed E-state index contributed by atoms with van der Waals surface area (Å²) >= 11 is 0. The molecule has 0 aromatic carbocycles. The highest BCUT2D eigenvalue weighted by molar-refractivity contribution is 4.81. The summed E-state index contributed by atoms with van der Waals surface area (Å²) in [7, 11) is 0. The lowest BCUT2D eigenvalue weighted by atomic mass is 9.76. The minimum Gasteiger partial charge on any atom is -0.390 e. The standard InChI is InChI=1S/C12H24O2/c1-3-9-6-5-7-10(8-9)12(14)11(13)4-2/h9-14H,3-8H2,1-2H3. The SMILES string of the molecule is CCC1CCCC(C(O)C(O)CC)C1. The van der Waals surface area contributed by atoms with Crippen molar-refractivity contribution in [1.29, 1.82) is 0 Å². The van der Waals surface area contributed by atoms with Crippen LogP contribution >= 0.6 is 0 Å². The molecular formula is C12H24O2. The molecule has 1 aliphatic carbocycles. The second-order valence-electron chi connectivity index (χ2n) is 4.67. The van der Waals surface area contributed by atoms with Gasteiger partial charge in [0, 0.05) is 0 Å². The average Bonchev–Trinajstić information content (AvgIpc) is 2.27. The summed E-state index contributed by atoms with van der Waals surface area (Å²) in [6, 6.07) is 0. The molecule has 0 radical (unpaired) electrons. The van der Waals surface area contributed by atoms with Gasteiger partial charge in [-0.1, -0.05) is 33.1 Å². The van der Waals surface area contributed by atoms with Gasteiger partial charge >= 0.3 is 0 Å². The molecule has 2 N–H and O–H groups in total. The molecule has 0 saturated heterocycles. The first kappa shape index (κ1) is 12.0. The van der Waals surface area contributed by atoms with E-state index in [0.717, 1.165) is 18.8 Å². The average molecular weight is 200 g/mol. The minimum absolute atomic E-state index is 0.337. The zero-order valence-electron chi connectivity index (χ0n) is 9.45. The quantitative estimate of drug-likeness (QED) is 0.731. The first-order chi connectivity index (χ1) is 6.69. The van der Waals surface area contributed by atoms with Crippen molar-refractivity contribution in [2.45, 2.75) is 64.6 Å². The molecule has 1 aliphatic rings. The van der Waals surface area contributed by atoms with Crippen molar-refractivity contribution in [3.05, 3.63) is 0 Å². The van der Waals surface area contributed by atoms with Crippen molar-refractivity contribution < 1.29 is 10.2 Å². The Bertz CT molecular complexity index is 156. The summed E-state index contributed by atoms with van der Waals surface area (Å²) in [6.45, 7) is 4.14. The second kappa shape index (κ2) is 5.72. The molecule has 2 nitrogen and oxygen atoms in total. The van der Waals surface area contributed by atoms with Crippen molar-refractivity contribution >= 4 is 0 Å². The highest BCUT2D eigenvalue weighted by Crippen LogP contribution is 2.33. The molecular weight excluding hydrogens is 176 g/mol. The van der Waals surface area contributed by atoms with Crippen molar-refractivity contribution in [2.24, 2.45) is 11.8 Å². The van der Waals surface area contributed by atoms with Crippen LogP contribution in [0.5, 0.6) is 0 Å². The molecule has 0 spiro atoms. The Balaban J connectivity index is 2.42. The molecule has 4 unspecified atom stereocenters. The van der Waals surface area contributed by atoms with E-state index < -0.39 is 12.2 Å². The third-order valence-electron chi connectivity index (χ3n) is 3.70. The fraction of sp³-hybridized carbons (Fsp3) is 1.00. The summed E-state index contributed by atoms with van der Waals surface area (Å²) in [5.41, 5.74) is 0. The molecule has 0 aromatic rings. The molecule has 0 aliphatic heterocycles. The molecule has 0 heterocycles. The molecule has 1 fully saturated rings. The fourth-order valence-electron chi connectivity index (χ4n) is 2.57. The number of rotatable bonds is 4. The van der Waals surface area contributed by atoms with Gasteiger partial charge in [-0.05, 0) is 31.1 Å². The molecule has 1 rings (SSSR count). The van der Waals surface area contributed by atoms with Crippen molar-refractivity contribution in [1.82, 2.24) is 0 Å². The van der Waals surface area contributed by atoms with Gasteiger partial charge in [0.15, 0.2) is 0 Å². The van der Waals surface area contributed by atoms with Crippen molar-refractivity contribution in [3.63, 3.8) is 0 Å². The Morgan fingerprint density at radius 2 is 1.93 bits per heavy atom. The number of hydrogen-bond donors (Lipinski definition) is 2. The van der Waals surface area contributed by atoms with Gasteiger partial charge in [0.2, 0.25) is 0 Å². The zero-order chi connectivity index (χ0) is 10.6. The summed E-state index contributed by atoms with van der Waals surface area (Å²) in [6.07, 6.45) is 5.59. The summed E-state index contributed by atoms with van der Waals surface area (Å²) < 4.78 is 0. The van der Waals surface area contributed by atoms with Crippen LogP contribution in [0.2, 0.25) is 0 Å². The maximum atomic E-state index is 9.91. The maximum Gasteiger partial charge on any atom is 0.0827 e. The number of hydrogen-bond acceptors (Lipinski definition) is 2. The van der Waals surface area contributed by atoms with Gasteiger partial charge in [0.1, 0.15) is 0 Å². The van der Waals surface area contributed by atoms with E-state index in [4.69, 9.17) is 0 Å². The molecule has 84 valence electrons. The van der Waals surface area contributed by atoms with Crippen LogP contribution in [0.1, 0.15) is 52.4 Å². The van der Waals surface area contributed by atoms with E-state index >= 15 is 0 Å². The van der Waals surface area contributed by atoms with Crippen LogP contribution in [0.4, 0.5) is 0 Å². The van der Waals surface area contributed by atoms with E-state index in [0.29, 0.717) is 12.3 Å². The smallest absolute Gasteiger partial charge is 0.0827 e. The number of aliphatic hydroxyl groups is 2. The van der Waals surface area contributed by atoms with Crippen LogP contribution < -0.4 is 0 Å². The van der Waals surface area contributed by atoms with E-state index in [2.05, 4.69) is 6.92 Å². The van der Waals surface area contributed by atoms with Crippen LogP contribution in [0.25, 0.3) is 0 Å². The van der Waals surface area contributed by atoms with Crippen molar-refractivity contribution in [3.8, 4) is 0 Å². The van der Waals surface area contributed by atoms with Crippen LogP contribution in [-0.2, 0) is 0 Å². The Morgan fingerprint density at radius 3 is 2.50 bits per heavy atom. The molecule has 2 heteroatoms. The van der Waals surface area contributed by atoms with Crippen LogP contribution in [-0.4, -0.2) is 22.4 Å². The normalized spacial score (nSPS) is 32.6. The van der Waals surface area contributed by atoms with E-state index in [9.17, 15) is 10.2 Å². The van der Waals surface area contributed by atoms with E-state index in [-0.39, 0.29) is 0 Å². The van der Waals surface area contributed by atoms with E-state index in [1.807, 2.05) is 6.92 Å². The lowest BCUT2D eigenvalue weighted by Gasteiger charge is -2.33. The molecule has 0 bridgehead atoms. The predicted octanol–water partition coefficient (Wildman–Crippen LogP) is 2.33. The van der Waals surface area contributed by atoms with Gasteiger partial charge in [0.25, 0.3) is 0 Å². The molecule has 0 amide bonds. The Hall–Kier alpha value is -0.0800. The predicted molar refractivity (Wildman–Crippen MR) is 58.0 cm³/mol. The Labute approximate surface area is 87.3 Å². The van der Waals surface area contributed by atoms with Gasteiger partial charge in [-0.3, -0.25) is 0 Å². The lowest BCUT2D eigenvalue weighted by molar-refractivity contribution is -0.0345. The van der Waals surface area contributed by atoms with Crippen LogP contribution in [0, 0.1) is 11.8 Å². The van der Waals surface area contributed by atoms with Crippen LogP contribution in [0.3, 0.4) is 0 Å².